The normalized spacial score (nSPS) is 11.7. The number of carbonyl (C=O) groups excluding carboxylic acids is 1. The number of ether oxygens (including phenoxy) is 1. The topological polar surface area (TPSA) is 42.1 Å². The maximum Gasteiger partial charge on any atom is 0.419 e. The standard InChI is InChI=1S/C18H14F3NO2/c1-10(23)12-8-9-13(24-2)17-14(12)15(18(19,20)21)16(22-17)11-6-4-3-5-7-11/h3-9,22H,1-2H3. The van der Waals surface area contributed by atoms with Gasteiger partial charge in [0, 0.05) is 10.9 Å². The fourth-order valence-electron chi connectivity index (χ4n) is 2.85. The van der Waals surface area contributed by atoms with Crippen molar-refractivity contribution in [1.29, 1.82) is 0 Å². The first-order chi connectivity index (χ1) is 11.3. The Morgan fingerprint density at radius 1 is 1.08 bits per heavy atom. The molecule has 0 aliphatic heterocycles. The lowest BCUT2D eigenvalue weighted by atomic mass is 9.99. The van der Waals surface area contributed by atoms with Crippen molar-refractivity contribution in [2.45, 2.75) is 13.1 Å². The zero-order chi connectivity index (χ0) is 17.5. The van der Waals surface area contributed by atoms with Gasteiger partial charge < -0.3 is 9.72 Å². The second kappa shape index (κ2) is 5.70. The summed E-state index contributed by atoms with van der Waals surface area (Å²) in [5, 5.41) is -0.159. The molecule has 0 fully saturated rings. The highest BCUT2D eigenvalue weighted by molar-refractivity contribution is 6.11. The van der Waals surface area contributed by atoms with Gasteiger partial charge in [-0.25, -0.2) is 0 Å². The average molecular weight is 333 g/mol. The molecule has 0 amide bonds. The summed E-state index contributed by atoms with van der Waals surface area (Å²) >= 11 is 0. The summed E-state index contributed by atoms with van der Waals surface area (Å²) in [5.41, 5.74) is -0.372. The van der Waals surface area contributed by atoms with Gasteiger partial charge in [-0.2, -0.15) is 13.2 Å². The summed E-state index contributed by atoms with van der Waals surface area (Å²) in [6, 6.07) is 11.1. The minimum Gasteiger partial charge on any atom is -0.495 e. The van der Waals surface area contributed by atoms with Crippen LogP contribution in [0.1, 0.15) is 22.8 Å². The van der Waals surface area contributed by atoms with E-state index in [0.717, 1.165) is 0 Å². The van der Waals surface area contributed by atoms with Crippen molar-refractivity contribution >= 4 is 16.7 Å². The molecule has 3 rings (SSSR count). The number of benzene rings is 2. The van der Waals surface area contributed by atoms with Gasteiger partial charge in [0.25, 0.3) is 0 Å². The van der Waals surface area contributed by atoms with E-state index in [9.17, 15) is 18.0 Å². The van der Waals surface area contributed by atoms with E-state index in [1.54, 1.807) is 30.3 Å². The molecule has 2 aromatic carbocycles. The number of alkyl halides is 3. The number of nitrogens with one attached hydrogen (secondary N) is 1. The summed E-state index contributed by atoms with van der Waals surface area (Å²) in [4.78, 5) is 14.7. The molecule has 1 aromatic heterocycles. The van der Waals surface area contributed by atoms with Crippen LogP contribution in [0.25, 0.3) is 22.2 Å². The van der Waals surface area contributed by atoms with Crippen molar-refractivity contribution < 1.29 is 22.7 Å². The number of hydrogen-bond donors (Lipinski definition) is 1. The molecular formula is C18H14F3NO2. The van der Waals surface area contributed by atoms with Gasteiger partial charge in [-0.3, -0.25) is 4.79 Å². The van der Waals surface area contributed by atoms with Gasteiger partial charge in [-0.15, -0.1) is 0 Å². The van der Waals surface area contributed by atoms with Crippen molar-refractivity contribution in [3.05, 3.63) is 53.6 Å². The highest BCUT2D eigenvalue weighted by atomic mass is 19.4. The molecule has 3 nitrogen and oxygen atoms in total. The third-order valence-corrected chi connectivity index (χ3v) is 3.86. The predicted octanol–water partition coefficient (Wildman–Crippen LogP) is 5.06. The number of Topliss-reactive ketones (excluding diaryl/α,β-unsaturated/α-hetero) is 1. The molecule has 3 aromatic rings. The lowest BCUT2D eigenvalue weighted by Crippen LogP contribution is -2.08. The Bertz CT molecular complexity index is 911. The average Bonchev–Trinajstić information content (AvgIpc) is 2.95. The van der Waals surface area contributed by atoms with E-state index >= 15 is 0 Å². The number of fused-ring (bicyclic) bond motifs is 1. The number of methoxy groups -OCH3 is 1. The Kier molecular flexibility index (Phi) is 3.83. The molecule has 1 heterocycles. The van der Waals surface area contributed by atoms with Gasteiger partial charge >= 0.3 is 6.18 Å². The number of ketones is 1. The molecule has 0 radical (unpaired) electrons. The third kappa shape index (κ3) is 2.54. The van der Waals surface area contributed by atoms with Crippen LogP contribution in [0.3, 0.4) is 0 Å². The molecule has 1 N–H and O–H groups in total. The fraction of sp³-hybridized carbons (Fsp3) is 0.167. The van der Waals surface area contributed by atoms with E-state index in [1.165, 1.54) is 26.2 Å². The Balaban J connectivity index is 2.50. The summed E-state index contributed by atoms with van der Waals surface area (Å²) in [5.74, 6) is -0.186. The van der Waals surface area contributed by atoms with Crippen LogP contribution in [0.15, 0.2) is 42.5 Å². The zero-order valence-electron chi connectivity index (χ0n) is 13.0. The third-order valence-electron chi connectivity index (χ3n) is 3.86. The van der Waals surface area contributed by atoms with E-state index in [2.05, 4.69) is 4.98 Å². The summed E-state index contributed by atoms with van der Waals surface area (Å²) < 4.78 is 46.6. The van der Waals surface area contributed by atoms with Crippen LogP contribution in [0.4, 0.5) is 13.2 Å². The van der Waals surface area contributed by atoms with Crippen LogP contribution in [0.2, 0.25) is 0 Å². The first-order valence-corrected chi connectivity index (χ1v) is 7.20. The minimum absolute atomic E-state index is 0.0107. The molecule has 0 aliphatic carbocycles. The smallest absolute Gasteiger partial charge is 0.419 e. The number of aromatic nitrogens is 1. The maximum absolute atomic E-state index is 13.8. The molecule has 0 atom stereocenters. The van der Waals surface area contributed by atoms with Crippen molar-refractivity contribution in [2.24, 2.45) is 0 Å². The first-order valence-electron chi connectivity index (χ1n) is 7.20. The van der Waals surface area contributed by atoms with Crippen LogP contribution in [0.5, 0.6) is 5.75 Å². The van der Waals surface area contributed by atoms with Crippen molar-refractivity contribution in [3.8, 4) is 17.0 Å². The van der Waals surface area contributed by atoms with E-state index in [-0.39, 0.29) is 27.9 Å². The van der Waals surface area contributed by atoms with Gasteiger partial charge in [0.2, 0.25) is 0 Å². The van der Waals surface area contributed by atoms with Crippen LogP contribution in [0, 0.1) is 0 Å². The highest BCUT2D eigenvalue weighted by Gasteiger charge is 2.39. The molecule has 124 valence electrons. The van der Waals surface area contributed by atoms with E-state index in [1.807, 2.05) is 0 Å². The Hall–Kier alpha value is -2.76. The van der Waals surface area contributed by atoms with Gasteiger partial charge in [-0.05, 0) is 24.6 Å². The number of H-pyrrole nitrogens is 1. The number of halogens is 3. The SMILES string of the molecule is COc1ccc(C(C)=O)c2c(C(F)(F)F)c(-c3ccccc3)[nH]c12. The monoisotopic (exact) mass is 333 g/mol. The summed E-state index contributed by atoms with van der Waals surface area (Å²) in [6.07, 6.45) is -4.63. The summed E-state index contributed by atoms with van der Waals surface area (Å²) in [7, 11) is 1.37. The predicted molar refractivity (Wildman–Crippen MR) is 85.3 cm³/mol. The van der Waals surface area contributed by atoms with E-state index < -0.39 is 17.5 Å². The Labute approximate surface area is 136 Å². The van der Waals surface area contributed by atoms with Crippen LogP contribution in [-0.2, 0) is 6.18 Å². The van der Waals surface area contributed by atoms with Crippen LogP contribution in [-0.4, -0.2) is 17.9 Å². The largest absolute Gasteiger partial charge is 0.495 e. The molecule has 0 saturated heterocycles. The van der Waals surface area contributed by atoms with Gasteiger partial charge in [0.05, 0.1) is 23.9 Å². The summed E-state index contributed by atoms with van der Waals surface area (Å²) in [6.45, 7) is 1.25. The lowest BCUT2D eigenvalue weighted by Gasteiger charge is -2.11. The van der Waals surface area contributed by atoms with Crippen molar-refractivity contribution in [2.75, 3.05) is 7.11 Å². The van der Waals surface area contributed by atoms with Crippen molar-refractivity contribution in [1.82, 2.24) is 4.98 Å². The van der Waals surface area contributed by atoms with Gasteiger partial charge in [-0.1, -0.05) is 30.3 Å². The molecular weight excluding hydrogens is 319 g/mol. The van der Waals surface area contributed by atoms with Crippen molar-refractivity contribution in [3.63, 3.8) is 0 Å². The number of aromatic amines is 1. The molecule has 0 aliphatic rings. The van der Waals surface area contributed by atoms with Gasteiger partial charge in [0.15, 0.2) is 5.78 Å². The number of carbonyl (C=O) groups is 1. The second-order valence-electron chi connectivity index (χ2n) is 5.36. The van der Waals surface area contributed by atoms with E-state index in [4.69, 9.17) is 4.74 Å². The highest BCUT2D eigenvalue weighted by Crippen LogP contribution is 2.45. The Morgan fingerprint density at radius 2 is 1.75 bits per heavy atom. The second-order valence-corrected chi connectivity index (χ2v) is 5.36. The minimum atomic E-state index is -4.63. The molecule has 0 unspecified atom stereocenters. The first kappa shape index (κ1) is 16.1. The fourth-order valence-corrected chi connectivity index (χ4v) is 2.85. The van der Waals surface area contributed by atoms with Crippen LogP contribution < -0.4 is 4.74 Å². The molecule has 0 saturated carbocycles. The number of hydrogen-bond acceptors (Lipinski definition) is 2. The molecule has 0 spiro atoms. The molecule has 0 bridgehead atoms. The zero-order valence-corrected chi connectivity index (χ0v) is 13.0. The molecule has 6 heteroatoms. The molecule has 24 heavy (non-hydrogen) atoms. The Morgan fingerprint density at radius 3 is 2.29 bits per heavy atom. The van der Waals surface area contributed by atoms with E-state index in [0.29, 0.717) is 5.56 Å². The van der Waals surface area contributed by atoms with Crippen LogP contribution >= 0.6 is 0 Å². The quantitative estimate of drug-likeness (QED) is 0.680. The maximum atomic E-state index is 13.8. The number of rotatable bonds is 3. The lowest BCUT2D eigenvalue weighted by molar-refractivity contribution is -0.135. The van der Waals surface area contributed by atoms with Gasteiger partial charge in [0.1, 0.15) is 5.75 Å².